The number of rotatable bonds is 0. The molecule has 0 heterocycles. The third-order valence-electron chi connectivity index (χ3n) is 0.940. The Kier molecular flexibility index (Phi) is 15.7. The zero-order chi connectivity index (χ0) is 10.5. The highest BCUT2D eigenvalue weighted by Crippen LogP contribution is 1.92. The minimum absolute atomic E-state index is 0.194. The van der Waals surface area contributed by atoms with Crippen molar-refractivity contribution in [1.29, 1.82) is 0 Å². The molecule has 0 unspecified atom stereocenters. The van der Waals surface area contributed by atoms with E-state index in [1.165, 1.54) is 5.56 Å². The van der Waals surface area contributed by atoms with E-state index in [9.17, 15) is 0 Å². The molecule has 13 heavy (non-hydrogen) atoms. The first-order chi connectivity index (χ1) is 6.22. The molecule has 0 fully saturated rings. The fraction of sp³-hybridized carbons (Fsp3) is 0.222. The van der Waals surface area contributed by atoms with Gasteiger partial charge in [-0.05, 0) is 6.92 Å². The fourth-order valence-corrected chi connectivity index (χ4v) is 0.534. The Morgan fingerprint density at radius 3 is 1.77 bits per heavy atom. The Labute approximate surface area is 88.1 Å². The van der Waals surface area contributed by atoms with Gasteiger partial charge in [-0.1, -0.05) is 35.9 Å². The third-order valence-corrected chi connectivity index (χ3v) is 0.940. The minimum Gasteiger partial charge on any atom is -0.483 e. The van der Waals surface area contributed by atoms with Gasteiger partial charge in [0.05, 0.1) is 5.34 Å². The lowest BCUT2D eigenvalue weighted by atomic mass is 10.2. The molecule has 0 bridgehead atoms. The van der Waals surface area contributed by atoms with Gasteiger partial charge in [0.1, 0.15) is 0 Å². The molecule has 4 heteroatoms. The average Bonchev–Trinajstić information content (AvgIpc) is 2.08. The molecule has 0 atom stereocenters. The zero-order valence-electron chi connectivity index (χ0n) is 7.28. The molecule has 0 saturated heterocycles. The van der Waals surface area contributed by atoms with E-state index in [4.69, 9.17) is 33.1 Å². The van der Waals surface area contributed by atoms with Crippen LogP contribution in [0, 0.1) is 6.92 Å². The Morgan fingerprint density at radius 2 is 1.62 bits per heavy atom. The molecule has 1 aromatic carbocycles. The molecule has 74 valence electrons. The second-order valence-corrected chi connectivity index (χ2v) is 2.67. The Bertz CT molecular complexity index is 190. The Morgan fingerprint density at radius 1 is 1.31 bits per heavy atom. The molecule has 0 spiro atoms. The topological polar surface area (TPSA) is 37.3 Å². The molecule has 2 nitrogen and oxygen atoms in total. The van der Waals surface area contributed by atoms with Crippen LogP contribution in [0.2, 0.25) is 0 Å². The number of aryl methyl sites for hydroxylation is 1. The van der Waals surface area contributed by atoms with Crippen LogP contribution in [0.25, 0.3) is 0 Å². The second-order valence-electron chi connectivity index (χ2n) is 1.86. The van der Waals surface area contributed by atoms with Gasteiger partial charge >= 0.3 is 0 Å². The lowest BCUT2D eigenvalue weighted by Gasteiger charge is -1.82. The normalized spacial score (nSPS) is 7.00. The molecule has 1 aromatic rings. The van der Waals surface area contributed by atoms with Gasteiger partial charge in [-0.3, -0.25) is 4.79 Å². The van der Waals surface area contributed by atoms with Crippen molar-refractivity contribution in [2.45, 2.75) is 6.92 Å². The quantitative estimate of drug-likeness (QED) is 0.542. The van der Waals surface area contributed by atoms with E-state index in [0.29, 0.717) is 0 Å². The van der Waals surface area contributed by atoms with Crippen molar-refractivity contribution < 1.29 is 9.90 Å². The molecular formula is C9H12Cl2O2. The summed E-state index contributed by atoms with van der Waals surface area (Å²) in [5, 5.41) is 7.08. The maximum absolute atomic E-state index is 8.36. The van der Waals surface area contributed by atoms with Gasteiger partial charge in [0.15, 0.2) is 0 Å². The van der Waals surface area contributed by atoms with Crippen LogP contribution in [-0.4, -0.2) is 16.9 Å². The predicted molar refractivity (Wildman–Crippen MR) is 56.4 cm³/mol. The van der Waals surface area contributed by atoms with Crippen molar-refractivity contribution in [1.82, 2.24) is 0 Å². The summed E-state index contributed by atoms with van der Waals surface area (Å²) in [7, 11) is 0. The van der Waals surface area contributed by atoms with E-state index in [2.05, 4.69) is 19.1 Å². The lowest BCUT2D eigenvalue weighted by molar-refractivity contribution is -0.122. The van der Waals surface area contributed by atoms with Gasteiger partial charge < -0.3 is 5.11 Å². The van der Waals surface area contributed by atoms with E-state index in [1.54, 1.807) is 0 Å². The molecular weight excluding hydrogens is 211 g/mol. The first-order valence-electron chi connectivity index (χ1n) is 3.44. The molecule has 0 aliphatic rings. The number of halogens is 2. The van der Waals surface area contributed by atoms with Gasteiger partial charge in [-0.25, -0.2) is 0 Å². The second kappa shape index (κ2) is 13.8. The van der Waals surface area contributed by atoms with Crippen LogP contribution in [0.3, 0.4) is 0 Å². The van der Waals surface area contributed by atoms with E-state index in [-0.39, 0.29) is 11.8 Å². The first-order valence-corrected chi connectivity index (χ1v) is 4.51. The number of hydrogen-bond donors (Lipinski definition) is 1. The molecule has 0 aliphatic carbocycles. The van der Waals surface area contributed by atoms with Crippen molar-refractivity contribution in [2.24, 2.45) is 0 Å². The van der Waals surface area contributed by atoms with Gasteiger partial charge in [0.2, 0.25) is 0 Å². The van der Waals surface area contributed by atoms with Crippen LogP contribution >= 0.6 is 23.2 Å². The summed E-state index contributed by atoms with van der Waals surface area (Å²) in [5.41, 5.74) is 1.32. The van der Waals surface area contributed by atoms with Gasteiger partial charge in [-0.15, -0.1) is 23.2 Å². The average molecular weight is 223 g/mol. The first kappa shape index (κ1) is 14.8. The number of hydrogen-bond acceptors (Lipinski definition) is 1. The third kappa shape index (κ3) is 18.3. The van der Waals surface area contributed by atoms with Crippen molar-refractivity contribution in [3.8, 4) is 0 Å². The van der Waals surface area contributed by atoms with Crippen LogP contribution in [0.4, 0.5) is 0 Å². The van der Waals surface area contributed by atoms with Crippen LogP contribution in [0.15, 0.2) is 30.3 Å². The van der Waals surface area contributed by atoms with Crippen molar-refractivity contribution in [2.75, 3.05) is 5.34 Å². The molecule has 0 radical (unpaired) electrons. The maximum atomic E-state index is 8.36. The van der Waals surface area contributed by atoms with Crippen LogP contribution in [-0.2, 0) is 4.79 Å². The standard InChI is InChI=1S/C7H8.CH2Cl2.CH2O2/c1-7-5-3-2-4-6-7;2*2-1-3/h2-6H,1H3;1H2;1H,(H,2,3). The van der Waals surface area contributed by atoms with Crippen molar-refractivity contribution in [3.63, 3.8) is 0 Å². The summed E-state index contributed by atoms with van der Waals surface area (Å²) >= 11 is 9.53. The van der Waals surface area contributed by atoms with E-state index in [0.717, 1.165) is 0 Å². The van der Waals surface area contributed by atoms with E-state index in [1.807, 2.05) is 18.2 Å². The highest BCUT2D eigenvalue weighted by molar-refractivity contribution is 6.40. The molecule has 0 saturated carbocycles. The van der Waals surface area contributed by atoms with Gasteiger partial charge in [-0.2, -0.15) is 0 Å². The summed E-state index contributed by atoms with van der Waals surface area (Å²) in [6, 6.07) is 10.3. The number of carboxylic acid groups (broad SMARTS) is 1. The lowest BCUT2D eigenvalue weighted by Crippen LogP contribution is -1.62. The van der Waals surface area contributed by atoms with Crippen LogP contribution in [0.5, 0.6) is 0 Å². The summed E-state index contributed by atoms with van der Waals surface area (Å²) in [6.07, 6.45) is 0. The molecule has 1 rings (SSSR count). The molecule has 1 N–H and O–H groups in total. The fourth-order valence-electron chi connectivity index (χ4n) is 0.534. The van der Waals surface area contributed by atoms with E-state index < -0.39 is 0 Å². The van der Waals surface area contributed by atoms with Gasteiger partial charge in [0.25, 0.3) is 6.47 Å². The van der Waals surface area contributed by atoms with Crippen molar-refractivity contribution >= 4 is 29.7 Å². The molecule has 0 aromatic heterocycles. The number of benzene rings is 1. The van der Waals surface area contributed by atoms with E-state index >= 15 is 0 Å². The summed E-state index contributed by atoms with van der Waals surface area (Å²) in [4.78, 5) is 8.36. The highest BCUT2D eigenvalue weighted by atomic mass is 35.5. The van der Waals surface area contributed by atoms with Crippen molar-refractivity contribution in [3.05, 3.63) is 35.9 Å². The number of carbonyl (C=O) groups is 1. The predicted octanol–water partition coefficient (Wildman–Crippen LogP) is 3.12. The molecule has 0 amide bonds. The smallest absolute Gasteiger partial charge is 0.290 e. The summed E-state index contributed by atoms with van der Waals surface area (Å²) in [5.74, 6) is 0. The minimum atomic E-state index is -0.250. The van der Waals surface area contributed by atoms with Gasteiger partial charge in [0, 0.05) is 0 Å². The Balaban J connectivity index is 0. The summed E-state index contributed by atoms with van der Waals surface area (Å²) in [6.45, 7) is 1.83. The Hall–Kier alpha value is -0.730. The zero-order valence-corrected chi connectivity index (χ0v) is 8.79. The largest absolute Gasteiger partial charge is 0.483 e. The number of alkyl halides is 2. The highest BCUT2D eigenvalue weighted by Gasteiger charge is 1.72. The maximum Gasteiger partial charge on any atom is 0.290 e. The molecule has 0 aliphatic heterocycles. The monoisotopic (exact) mass is 222 g/mol. The summed E-state index contributed by atoms with van der Waals surface area (Å²) < 4.78 is 0. The van der Waals surface area contributed by atoms with Crippen LogP contribution < -0.4 is 0 Å². The van der Waals surface area contributed by atoms with Crippen LogP contribution in [0.1, 0.15) is 5.56 Å². The SMILES string of the molecule is Cc1ccccc1.ClCCl.O=CO.